The zero-order valence-electron chi connectivity index (χ0n) is 17.7. The minimum absolute atomic E-state index is 0.380. The van der Waals surface area contributed by atoms with Gasteiger partial charge in [-0.2, -0.15) is 0 Å². The molecule has 0 aromatic heterocycles. The Bertz CT molecular complexity index is 1510. The molecule has 1 heteroatoms. The first-order valence-electron chi connectivity index (χ1n) is 12.0. The fourth-order valence-corrected chi connectivity index (χ4v) is 103. The summed E-state index contributed by atoms with van der Waals surface area (Å²) in [6.07, 6.45) is 0. The van der Waals surface area contributed by atoms with Gasteiger partial charge in [0.05, 0.1) is 0 Å². The van der Waals surface area contributed by atoms with E-state index in [4.69, 9.17) is 0 Å². The van der Waals surface area contributed by atoms with Crippen LogP contribution in [0.15, 0.2) is 60.7 Å². The van der Waals surface area contributed by atoms with Crippen LogP contribution in [0.5, 0.6) is 0 Å². The van der Waals surface area contributed by atoms with Gasteiger partial charge < -0.3 is 0 Å². The standard InChI is InChI=1S/C23H25.C5H5.Fe/c1-22(2,18-12-7-5-8-13-18)20-16-11-17-21(20)23(3,4)19-14-9-6-10-15-19;1-2-4-5-3-1;/h5-17H,1-4H3;1-5H;. The average molecular weight is 422 g/mol. The molecule has 0 saturated carbocycles. The second kappa shape index (κ2) is 1.56. The molecule has 10 aliphatic rings. The molecule has 4 unspecified atom stereocenters. The van der Waals surface area contributed by atoms with Crippen LogP contribution in [0.2, 0.25) is 47.2 Å². The van der Waals surface area contributed by atoms with Crippen LogP contribution in [0.25, 0.3) is 0 Å². The van der Waals surface area contributed by atoms with E-state index < -0.39 is 6.51 Å². The predicted octanol–water partition coefficient (Wildman–Crippen LogP) is 8.07. The Morgan fingerprint density at radius 2 is 0.897 bits per heavy atom. The molecule has 0 amide bonds. The Hall–Kier alpha value is -1.04. The SMILES string of the molecule is CC(C)(c1ccccc1)[C]12[CH]3[CH]4[CH]5[C]1(C(C)(C)c1ccccc1)[Fe]43521678[CH]2[CH]1[CH]6[CH]7[CH]28. The number of hydrogen-bond donors (Lipinski definition) is 0. The molecule has 0 nitrogen and oxygen atoms in total. The third-order valence-electron chi connectivity index (χ3n) is 19.7. The summed E-state index contributed by atoms with van der Waals surface area (Å²) in [6, 6.07) is 23.7. The van der Waals surface area contributed by atoms with E-state index in [2.05, 4.69) is 88.4 Å². The molecule has 150 valence electrons. The Balaban J connectivity index is 1.30. The molecule has 10 fully saturated rings. The van der Waals surface area contributed by atoms with Crippen LogP contribution in [-0.4, -0.2) is 0 Å². The van der Waals surface area contributed by atoms with Crippen LogP contribution in [0.1, 0.15) is 38.8 Å². The summed E-state index contributed by atoms with van der Waals surface area (Å²) >= 11 is 0. The van der Waals surface area contributed by atoms with Gasteiger partial charge in [0, 0.05) is 0 Å². The summed E-state index contributed by atoms with van der Waals surface area (Å²) < 4.78 is 1.56. The van der Waals surface area contributed by atoms with E-state index in [0.29, 0.717) is 10.8 Å². The fourth-order valence-electron chi connectivity index (χ4n) is 22.4. The van der Waals surface area contributed by atoms with Crippen LogP contribution in [0.3, 0.4) is 0 Å². The molecular formula is C28H30Fe. The molecular weight excluding hydrogens is 392 g/mol. The first kappa shape index (κ1) is 13.4. The summed E-state index contributed by atoms with van der Waals surface area (Å²) in [5.74, 6) is 0. The molecule has 1 spiro atoms. The Kier molecular flexibility index (Phi) is 0.720. The van der Waals surface area contributed by atoms with E-state index >= 15 is 0 Å². The number of fused-ring (bicyclic) bond motifs is 10. The molecule has 10 saturated heterocycles. The van der Waals surface area contributed by atoms with Crippen molar-refractivity contribution < 1.29 is 6.51 Å². The van der Waals surface area contributed by atoms with Crippen LogP contribution in [0, 0.1) is 0 Å². The van der Waals surface area contributed by atoms with Crippen LogP contribution in [-0.2, 0) is 17.3 Å². The molecule has 4 atom stereocenters. The van der Waals surface area contributed by atoms with Gasteiger partial charge >= 0.3 is 164 Å². The maximum absolute atomic E-state index is 3.58. The van der Waals surface area contributed by atoms with Gasteiger partial charge in [-0.05, 0) is 0 Å². The van der Waals surface area contributed by atoms with E-state index in [1.54, 1.807) is 11.1 Å². The first-order chi connectivity index (χ1) is 13.6. The summed E-state index contributed by atoms with van der Waals surface area (Å²) in [6.45, 7) is 7.34. The van der Waals surface area contributed by atoms with Gasteiger partial charge in [0.25, 0.3) is 0 Å². The third kappa shape index (κ3) is 0.227. The van der Waals surface area contributed by atoms with E-state index in [-0.39, 0.29) is 0 Å². The second-order valence-corrected chi connectivity index (χ2v) is 38.9. The van der Waals surface area contributed by atoms with Crippen molar-refractivity contribution in [2.75, 3.05) is 0 Å². The summed E-state index contributed by atoms with van der Waals surface area (Å²) in [7, 11) is 0. The summed E-state index contributed by atoms with van der Waals surface area (Å²) in [5.41, 5.74) is 4.11. The molecule has 2 aromatic rings. The van der Waals surface area contributed by atoms with E-state index in [1.807, 2.05) is 0 Å². The van der Waals surface area contributed by atoms with Crippen molar-refractivity contribution in [3.05, 3.63) is 71.8 Å². The molecule has 12 rings (SSSR count). The fraction of sp³-hybridized carbons (Fsp3) is 0.571. The van der Waals surface area contributed by atoms with E-state index in [9.17, 15) is 0 Å². The average Bonchev–Trinajstić information content (AvgIpc) is 3.68. The molecule has 2 aromatic carbocycles. The van der Waals surface area contributed by atoms with Crippen molar-refractivity contribution in [1.29, 1.82) is 0 Å². The molecule has 0 N–H and O–H groups in total. The Morgan fingerprint density at radius 1 is 0.552 bits per heavy atom. The van der Waals surface area contributed by atoms with Gasteiger partial charge in [-0.1, -0.05) is 0 Å². The quantitative estimate of drug-likeness (QED) is 0.437. The van der Waals surface area contributed by atoms with E-state index in [1.165, 1.54) is 38.5 Å². The molecule has 0 aliphatic carbocycles. The van der Waals surface area contributed by atoms with Crippen LogP contribution >= 0.6 is 0 Å². The van der Waals surface area contributed by atoms with Crippen molar-refractivity contribution in [2.24, 2.45) is 0 Å². The van der Waals surface area contributed by atoms with Crippen molar-refractivity contribution in [1.82, 2.24) is 0 Å². The normalized spacial score (nSPS) is 78.3. The molecule has 0 bridgehead atoms. The number of benzene rings is 2. The summed E-state index contributed by atoms with van der Waals surface area (Å²) in [4.78, 5) is 10.6. The Labute approximate surface area is 163 Å². The monoisotopic (exact) mass is 422 g/mol. The van der Waals surface area contributed by atoms with Crippen molar-refractivity contribution in [3.63, 3.8) is 0 Å². The molecule has 29 heavy (non-hydrogen) atoms. The number of rotatable bonds is 4. The molecule has 0 radical (unpaired) electrons. The molecule has 10 aliphatic heterocycles. The topological polar surface area (TPSA) is 0 Å². The van der Waals surface area contributed by atoms with Gasteiger partial charge in [0.15, 0.2) is 0 Å². The predicted molar refractivity (Wildman–Crippen MR) is 114 cm³/mol. The summed E-state index contributed by atoms with van der Waals surface area (Å²) in [5, 5.41) is 0. The zero-order valence-corrected chi connectivity index (χ0v) is 18.9. The maximum atomic E-state index is 2.73. The van der Waals surface area contributed by atoms with Crippen molar-refractivity contribution >= 4 is 0 Å². The van der Waals surface area contributed by atoms with Gasteiger partial charge in [0.2, 0.25) is 0 Å². The van der Waals surface area contributed by atoms with Gasteiger partial charge in [-0.25, -0.2) is 0 Å². The van der Waals surface area contributed by atoms with Gasteiger partial charge in [-0.3, -0.25) is 0 Å². The Morgan fingerprint density at radius 3 is 1.17 bits per heavy atom. The minimum atomic E-state index is -3.58. The number of hydrogen-bond acceptors (Lipinski definition) is 0. The zero-order chi connectivity index (χ0) is 19.2. The van der Waals surface area contributed by atoms with Gasteiger partial charge in [-0.15, -0.1) is 0 Å². The van der Waals surface area contributed by atoms with Crippen molar-refractivity contribution in [2.45, 2.75) is 85.7 Å². The van der Waals surface area contributed by atoms with Crippen LogP contribution in [0.4, 0.5) is 0 Å². The van der Waals surface area contributed by atoms with Gasteiger partial charge in [0.1, 0.15) is 0 Å². The first-order valence-corrected chi connectivity index (χ1v) is 18.2. The van der Waals surface area contributed by atoms with Crippen LogP contribution < -0.4 is 0 Å². The third-order valence-corrected chi connectivity index (χ3v) is 63.2. The van der Waals surface area contributed by atoms with E-state index in [0.717, 1.165) is 8.63 Å². The molecule has 10 heterocycles. The second-order valence-electron chi connectivity index (χ2n) is 15.7. The van der Waals surface area contributed by atoms with Crippen molar-refractivity contribution in [3.8, 4) is 0 Å².